The maximum absolute atomic E-state index is 6.12. The zero-order valence-electron chi connectivity index (χ0n) is 16.0. The second-order valence-electron chi connectivity index (χ2n) is 7.14. The average Bonchev–Trinajstić information content (AvgIpc) is 2.61. The van der Waals surface area contributed by atoms with Crippen LogP contribution in [0.1, 0.15) is 61.8 Å². The molecule has 26 heavy (non-hydrogen) atoms. The van der Waals surface area contributed by atoms with Crippen LogP contribution in [0.15, 0.2) is 36.4 Å². The molecule has 0 bridgehead atoms. The molecule has 1 atom stereocenters. The van der Waals surface area contributed by atoms with E-state index in [9.17, 15) is 0 Å². The van der Waals surface area contributed by atoms with Gasteiger partial charge in [-0.3, -0.25) is 4.52 Å². The Hall–Kier alpha value is -1.35. The van der Waals surface area contributed by atoms with Crippen molar-refractivity contribution in [3.8, 4) is 11.5 Å². The Bertz CT molecular complexity index is 832. The minimum Gasteiger partial charge on any atom is -0.415 e. The van der Waals surface area contributed by atoms with Gasteiger partial charge in [0.1, 0.15) is 11.5 Å². The minimum absolute atomic E-state index is 0.338. The second kappa shape index (κ2) is 8.12. The fourth-order valence-corrected chi connectivity index (χ4v) is 4.94. The molecule has 0 fully saturated rings. The van der Waals surface area contributed by atoms with Gasteiger partial charge < -0.3 is 9.05 Å². The summed E-state index contributed by atoms with van der Waals surface area (Å²) >= 11 is 5.64. The highest BCUT2D eigenvalue weighted by molar-refractivity contribution is 8.07. The lowest BCUT2D eigenvalue weighted by Crippen LogP contribution is -2.12. The quantitative estimate of drug-likeness (QED) is 0.515. The number of unbranched alkanes of at least 4 members (excludes halogenated alkanes) is 1. The summed E-state index contributed by atoms with van der Waals surface area (Å²) in [5, 5.41) is 0. The Kier molecular flexibility index (Phi) is 6.06. The van der Waals surface area contributed by atoms with E-state index in [1.807, 2.05) is 18.2 Å². The summed E-state index contributed by atoms with van der Waals surface area (Å²) in [6, 6.07) is 12.4. The molecule has 1 aliphatic rings. The fraction of sp³-hybridized carbons (Fsp3) is 0.429. The third-order valence-electron chi connectivity index (χ3n) is 4.53. The number of fused-ring (bicyclic) bond motifs is 1. The molecule has 2 aromatic carbocycles. The van der Waals surface area contributed by atoms with Crippen molar-refractivity contribution in [3.63, 3.8) is 0 Å². The Morgan fingerprint density at radius 2 is 2.00 bits per heavy atom. The first-order chi connectivity index (χ1) is 12.4. The van der Waals surface area contributed by atoms with E-state index in [1.165, 1.54) is 24.0 Å². The highest BCUT2D eigenvalue weighted by Gasteiger charge is 2.31. The first kappa shape index (κ1) is 19.4. The molecule has 5 heteroatoms. The van der Waals surface area contributed by atoms with E-state index in [2.05, 4.69) is 45.9 Å². The maximum Gasteiger partial charge on any atom is 0.435 e. The maximum atomic E-state index is 6.12. The predicted molar refractivity (Wildman–Crippen MR) is 111 cm³/mol. The van der Waals surface area contributed by atoms with Crippen LogP contribution >= 0.6 is 6.72 Å². The van der Waals surface area contributed by atoms with E-state index in [0.717, 1.165) is 29.0 Å². The highest BCUT2D eigenvalue weighted by atomic mass is 32.5. The third-order valence-corrected chi connectivity index (χ3v) is 6.58. The van der Waals surface area contributed by atoms with Crippen LogP contribution in [0.3, 0.4) is 0 Å². The van der Waals surface area contributed by atoms with Gasteiger partial charge in [0.05, 0.1) is 6.61 Å². The first-order valence-corrected chi connectivity index (χ1v) is 11.8. The second-order valence-corrected chi connectivity index (χ2v) is 10.0. The Morgan fingerprint density at radius 3 is 2.73 bits per heavy atom. The Balaban J connectivity index is 1.80. The van der Waals surface area contributed by atoms with E-state index in [1.54, 1.807) is 0 Å². The smallest absolute Gasteiger partial charge is 0.415 e. The van der Waals surface area contributed by atoms with Gasteiger partial charge in [0.15, 0.2) is 0 Å². The molecular weight excluding hydrogens is 363 g/mol. The lowest BCUT2D eigenvalue weighted by molar-refractivity contribution is 0.229. The summed E-state index contributed by atoms with van der Waals surface area (Å²) in [4.78, 5) is 0. The monoisotopic (exact) mass is 390 g/mol. The summed E-state index contributed by atoms with van der Waals surface area (Å²) in [7, 11) is 0. The van der Waals surface area contributed by atoms with Crippen LogP contribution in [0.4, 0.5) is 0 Å². The first-order valence-electron chi connectivity index (χ1n) is 9.26. The molecule has 0 N–H and O–H groups in total. The summed E-state index contributed by atoms with van der Waals surface area (Å²) in [5.74, 6) is 1.89. The van der Waals surface area contributed by atoms with Crippen molar-refractivity contribution in [1.82, 2.24) is 0 Å². The topological polar surface area (TPSA) is 27.7 Å². The summed E-state index contributed by atoms with van der Waals surface area (Å²) in [5.41, 5.74) is 4.69. The van der Waals surface area contributed by atoms with Gasteiger partial charge in [0.25, 0.3) is 0 Å². The molecule has 1 heterocycles. The largest absolute Gasteiger partial charge is 0.435 e. The fourth-order valence-electron chi connectivity index (χ4n) is 3.03. The summed E-state index contributed by atoms with van der Waals surface area (Å²) < 4.78 is 18.1. The normalized spacial score (nSPS) is 19.1. The zero-order chi connectivity index (χ0) is 18.7. The Morgan fingerprint density at radius 1 is 1.19 bits per heavy atom. The van der Waals surface area contributed by atoms with Gasteiger partial charge in [-0.15, -0.1) is 0 Å². The van der Waals surface area contributed by atoms with Gasteiger partial charge in [-0.25, -0.2) is 0 Å². The molecule has 0 aromatic heterocycles. The van der Waals surface area contributed by atoms with Crippen molar-refractivity contribution in [1.29, 1.82) is 0 Å². The third kappa shape index (κ3) is 4.49. The van der Waals surface area contributed by atoms with Crippen molar-refractivity contribution in [3.05, 3.63) is 58.7 Å². The summed E-state index contributed by atoms with van der Waals surface area (Å²) in [6.45, 7) is 6.16. The van der Waals surface area contributed by atoms with Gasteiger partial charge >= 0.3 is 6.72 Å². The minimum atomic E-state index is -2.85. The van der Waals surface area contributed by atoms with Crippen LogP contribution in [0.2, 0.25) is 0 Å². The molecule has 2 aromatic rings. The zero-order valence-corrected chi connectivity index (χ0v) is 17.7. The van der Waals surface area contributed by atoms with Crippen LogP contribution in [-0.2, 0) is 29.4 Å². The van der Waals surface area contributed by atoms with E-state index in [0.29, 0.717) is 12.5 Å². The van der Waals surface area contributed by atoms with Crippen molar-refractivity contribution in [2.75, 3.05) is 0 Å². The lowest BCUT2D eigenvalue weighted by atomic mass is 10.0. The van der Waals surface area contributed by atoms with Gasteiger partial charge in [-0.1, -0.05) is 51.0 Å². The van der Waals surface area contributed by atoms with E-state index >= 15 is 0 Å². The van der Waals surface area contributed by atoms with Crippen molar-refractivity contribution in [2.24, 2.45) is 0 Å². The number of hydrogen-bond acceptors (Lipinski definition) is 4. The van der Waals surface area contributed by atoms with Gasteiger partial charge in [-0.2, -0.15) is 0 Å². The molecule has 3 nitrogen and oxygen atoms in total. The van der Waals surface area contributed by atoms with Gasteiger partial charge in [-0.05, 0) is 55.0 Å². The van der Waals surface area contributed by atoms with E-state index in [4.69, 9.17) is 25.4 Å². The molecule has 0 spiro atoms. The lowest BCUT2D eigenvalue weighted by Gasteiger charge is -2.29. The molecule has 3 rings (SSSR count). The van der Waals surface area contributed by atoms with Gasteiger partial charge in [0, 0.05) is 17.4 Å². The molecule has 0 radical (unpaired) electrons. The summed E-state index contributed by atoms with van der Waals surface area (Å²) in [6.07, 6.45) is 3.45. The molecule has 1 unspecified atom stereocenters. The van der Waals surface area contributed by atoms with Crippen LogP contribution in [-0.4, -0.2) is 0 Å². The molecule has 140 valence electrons. The predicted octanol–water partition coefficient (Wildman–Crippen LogP) is 6.67. The van der Waals surface area contributed by atoms with Crippen molar-refractivity contribution in [2.45, 2.75) is 59.5 Å². The van der Waals surface area contributed by atoms with Crippen molar-refractivity contribution < 1.29 is 13.6 Å². The molecule has 0 aliphatic carbocycles. The molecule has 0 saturated heterocycles. The molecular formula is C21H27O3PS. The highest BCUT2D eigenvalue weighted by Crippen LogP contribution is 2.55. The van der Waals surface area contributed by atoms with Gasteiger partial charge in [0.2, 0.25) is 0 Å². The SMILES string of the molecule is CCCCc1ccc2c(c1)COP(=S)(Oc1ccc(C)cc1C(C)C)O2. The van der Waals surface area contributed by atoms with Crippen LogP contribution < -0.4 is 9.05 Å². The number of aryl methyl sites for hydroxylation is 2. The average molecular weight is 390 g/mol. The van der Waals surface area contributed by atoms with E-state index < -0.39 is 6.72 Å². The number of rotatable bonds is 6. The standard InChI is InChI=1S/C21H27O3PS/c1-5-6-7-17-9-11-20-18(13-17)14-22-25(26,23-20)24-21-10-8-16(4)12-19(21)15(2)3/h8-13,15H,5-7,14H2,1-4H3. The molecule has 0 amide bonds. The van der Waals surface area contributed by atoms with E-state index in [-0.39, 0.29) is 0 Å². The number of hydrogen-bond donors (Lipinski definition) is 0. The molecule has 0 saturated carbocycles. The van der Waals surface area contributed by atoms with Crippen LogP contribution in [0, 0.1) is 6.92 Å². The Labute approximate surface area is 161 Å². The van der Waals surface area contributed by atoms with Crippen LogP contribution in [0.5, 0.6) is 11.5 Å². The van der Waals surface area contributed by atoms with Crippen LogP contribution in [0.25, 0.3) is 0 Å². The molecule has 1 aliphatic heterocycles. The van der Waals surface area contributed by atoms with Crippen molar-refractivity contribution >= 4 is 18.5 Å². The number of benzene rings is 2.